The van der Waals surface area contributed by atoms with Crippen molar-refractivity contribution in [3.05, 3.63) is 70.4 Å². The second kappa shape index (κ2) is 9.59. The molecule has 12 heteroatoms. The van der Waals surface area contributed by atoms with E-state index in [1.807, 2.05) is 19.1 Å². The van der Waals surface area contributed by atoms with Crippen molar-refractivity contribution in [3.63, 3.8) is 0 Å². The average molecular weight is 478 g/mol. The minimum atomic E-state index is -4.74. The summed E-state index contributed by atoms with van der Waals surface area (Å²) in [5.41, 5.74) is 0.971. The third-order valence-electron chi connectivity index (χ3n) is 5.20. The zero-order valence-electron chi connectivity index (χ0n) is 18.0. The maximum absolute atomic E-state index is 12.3. The van der Waals surface area contributed by atoms with Gasteiger partial charge in [0.2, 0.25) is 0 Å². The van der Waals surface area contributed by atoms with Gasteiger partial charge in [-0.3, -0.25) is 4.57 Å². The largest absolute Gasteiger partial charge is 0.573 e. The van der Waals surface area contributed by atoms with Crippen molar-refractivity contribution in [2.45, 2.75) is 44.9 Å². The van der Waals surface area contributed by atoms with E-state index in [-0.39, 0.29) is 29.7 Å². The van der Waals surface area contributed by atoms with Crippen molar-refractivity contribution in [3.8, 4) is 23.3 Å². The first kappa shape index (κ1) is 23.4. The van der Waals surface area contributed by atoms with Crippen molar-refractivity contribution >= 4 is 5.82 Å². The molecule has 0 aliphatic carbocycles. The second-order valence-electron chi connectivity index (χ2n) is 7.61. The quantitative estimate of drug-likeness (QED) is 0.366. The number of alkyl halides is 3. The van der Waals surface area contributed by atoms with Crippen molar-refractivity contribution in [2.24, 2.45) is 0 Å². The summed E-state index contributed by atoms with van der Waals surface area (Å²) in [4.78, 5) is 14.3. The highest BCUT2D eigenvalue weighted by Gasteiger charge is 2.34. The van der Waals surface area contributed by atoms with Gasteiger partial charge in [-0.2, -0.15) is 0 Å². The van der Waals surface area contributed by atoms with Crippen LogP contribution in [0, 0.1) is 10.1 Å². The summed E-state index contributed by atoms with van der Waals surface area (Å²) in [6.07, 6.45) is -2.85. The van der Waals surface area contributed by atoms with Gasteiger partial charge in [-0.05, 0) is 53.3 Å². The van der Waals surface area contributed by atoms with Gasteiger partial charge < -0.3 is 29.6 Å². The number of hydrogen-bond donors (Lipinski definition) is 1. The van der Waals surface area contributed by atoms with E-state index in [9.17, 15) is 23.3 Å². The Morgan fingerprint density at radius 3 is 2.35 bits per heavy atom. The van der Waals surface area contributed by atoms with Crippen LogP contribution < -0.4 is 19.5 Å². The van der Waals surface area contributed by atoms with Crippen molar-refractivity contribution in [1.82, 2.24) is 14.9 Å². The van der Waals surface area contributed by atoms with Crippen LogP contribution >= 0.6 is 0 Å². The Balaban J connectivity index is 1.33. The Morgan fingerprint density at radius 2 is 1.76 bits per heavy atom. The lowest BCUT2D eigenvalue weighted by molar-refractivity contribution is -0.389. The smallest absolute Gasteiger partial charge is 0.457 e. The standard InChI is InChI=1S/C22H21F3N4O5/c1-2-19-18(12-28-13-20(29(30)31)27-21(28)33-19)26-11-14-3-5-15(6-4-14)32-16-7-9-17(10-8-16)34-22(23,24)25/h3-10,13,18-19,26H,2,11-12H2,1H3/t18-,19-/m0/s1. The summed E-state index contributed by atoms with van der Waals surface area (Å²) in [7, 11) is 0. The predicted octanol–water partition coefficient (Wildman–Crippen LogP) is 4.81. The fourth-order valence-corrected chi connectivity index (χ4v) is 3.58. The molecule has 0 fully saturated rings. The van der Waals surface area contributed by atoms with Crippen LogP contribution in [0.5, 0.6) is 23.3 Å². The first-order valence-corrected chi connectivity index (χ1v) is 10.4. The molecule has 0 radical (unpaired) electrons. The van der Waals surface area contributed by atoms with Crippen molar-refractivity contribution in [1.29, 1.82) is 0 Å². The zero-order valence-corrected chi connectivity index (χ0v) is 18.0. The minimum Gasteiger partial charge on any atom is -0.457 e. The molecular formula is C22H21F3N4O5. The molecule has 1 aliphatic heterocycles. The molecule has 180 valence electrons. The molecule has 9 nitrogen and oxygen atoms in total. The summed E-state index contributed by atoms with van der Waals surface area (Å²) in [5.74, 6) is 0.325. The molecule has 0 saturated heterocycles. The molecule has 1 aliphatic rings. The summed E-state index contributed by atoms with van der Waals surface area (Å²) < 4.78 is 53.7. The summed E-state index contributed by atoms with van der Waals surface area (Å²) in [6, 6.07) is 12.5. The first-order chi connectivity index (χ1) is 16.2. The van der Waals surface area contributed by atoms with Crippen LogP contribution in [-0.2, 0) is 13.1 Å². The Morgan fingerprint density at radius 1 is 1.15 bits per heavy atom. The van der Waals surface area contributed by atoms with E-state index in [4.69, 9.17) is 9.47 Å². The van der Waals surface area contributed by atoms with Crippen LogP contribution in [-0.4, -0.2) is 33.0 Å². The number of nitrogens with zero attached hydrogens (tertiary/aromatic N) is 3. The maximum atomic E-state index is 12.3. The van der Waals surface area contributed by atoms with Crippen LogP contribution in [0.15, 0.2) is 54.7 Å². The van der Waals surface area contributed by atoms with E-state index in [1.165, 1.54) is 30.5 Å². The number of benzene rings is 2. The highest BCUT2D eigenvalue weighted by Crippen LogP contribution is 2.28. The Labute approximate surface area is 192 Å². The molecule has 0 bridgehead atoms. The van der Waals surface area contributed by atoms with Crippen LogP contribution in [0.4, 0.5) is 19.0 Å². The number of fused-ring (bicyclic) bond motifs is 1. The van der Waals surface area contributed by atoms with Crippen LogP contribution in [0.1, 0.15) is 18.9 Å². The molecule has 0 saturated carbocycles. The SMILES string of the molecule is CC[C@@H]1Oc2nc([N+](=O)[O-])cn2C[C@@H]1NCc1ccc(Oc2ccc(OC(F)(F)F)cc2)cc1. The molecule has 34 heavy (non-hydrogen) atoms. The van der Waals surface area contributed by atoms with Gasteiger partial charge in [0.15, 0.2) is 0 Å². The highest BCUT2D eigenvalue weighted by molar-refractivity contribution is 5.36. The van der Waals surface area contributed by atoms with E-state index in [1.54, 1.807) is 16.7 Å². The molecule has 2 heterocycles. The lowest BCUT2D eigenvalue weighted by Crippen LogP contribution is -2.48. The third kappa shape index (κ3) is 5.76. The van der Waals surface area contributed by atoms with Gasteiger partial charge in [-0.1, -0.05) is 19.1 Å². The Hall–Kier alpha value is -3.80. The third-order valence-corrected chi connectivity index (χ3v) is 5.20. The number of nitro groups is 1. The molecule has 3 aromatic rings. The number of rotatable bonds is 8. The first-order valence-electron chi connectivity index (χ1n) is 10.4. The van der Waals surface area contributed by atoms with E-state index in [2.05, 4.69) is 15.0 Å². The van der Waals surface area contributed by atoms with Gasteiger partial charge in [-0.25, -0.2) is 0 Å². The van der Waals surface area contributed by atoms with Crippen LogP contribution in [0.2, 0.25) is 0 Å². The van der Waals surface area contributed by atoms with Gasteiger partial charge in [0.1, 0.15) is 29.5 Å². The number of ether oxygens (including phenoxy) is 3. The van der Waals surface area contributed by atoms with Gasteiger partial charge in [0.25, 0.3) is 0 Å². The number of hydrogen-bond acceptors (Lipinski definition) is 7. The second-order valence-corrected chi connectivity index (χ2v) is 7.61. The monoisotopic (exact) mass is 478 g/mol. The van der Waals surface area contributed by atoms with E-state index in [0.717, 1.165) is 5.56 Å². The Kier molecular flexibility index (Phi) is 6.59. The van der Waals surface area contributed by atoms with Crippen LogP contribution in [0.25, 0.3) is 0 Å². The lowest BCUT2D eigenvalue weighted by atomic mass is 10.1. The lowest BCUT2D eigenvalue weighted by Gasteiger charge is -2.31. The molecule has 1 N–H and O–H groups in total. The van der Waals surface area contributed by atoms with Gasteiger partial charge >= 0.3 is 18.2 Å². The Bertz CT molecular complexity index is 1130. The average Bonchev–Trinajstić information content (AvgIpc) is 3.21. The number of nitrogens with one attached hydrogen (secondary N) is 1. The highest BCUT2D eigenvalue weighted by atomic mass is 19.4. The zero-order chi connectivity index (χ0) is 24.3. The predicted molar refractivity (Wildman–Crippen MR) is 114 cm³/mol. The summed E-state index contributed by atoms with van der Waals surface area (Å²) >= 11 is 0. The number of halogens is 3. The summed E-state index contributed by atoms with van der Waals surface area (Å²) in [6.45, 7) is 2.99. The fraction of sp³-hybridized carbons (Fsp3) is 0.318. The maximum Gasteiger partial charge on any atom is 0.573 e. The van der Waals surface area contributed by atoms with Crippen molar-refractivity contribution in [2.75, 3.05) is 0 Å². The van der Waals surface area contributed by atoms with E-state index < -0.39 is 11.3 Å². The van der Waals surface area contributed by atoms with E-state index >= 15 is 0 Å². The fourth-order valence-electron chi connectivity index (χ4n) is 3.58. The number of imidazole rings is 1. The molecule has 0 amide bonds. The summed E-state index contributed by atoms with van der Waals surface area (Å²) in [5, 5.41) is 14.4. The topological polar surface area (TPSA) is 101 Å². The minimum absolute atomic E-state index is 0.0698. The molecule has 4 rings (SSSR count). The molecule has 1 aromatic heterocycles. The molecule has 2 atom stereocenters. The van der Waals surface area contributed by atoms with Crippen molar-refractivity contribution < 1.29 is 32.3 Å². The molecule has 2 aromatic carbocycles. The molecule has 0 spiro atoms. The number of aromatic nitrogens is 2. The van der Waals surface area contributed by atoms with Gasteiger partial charge in [0, 0.05) is 18.1 Å². The van der Waals surface area contributed by atoms with Crippen LogP contribution in [0.3, 0.4) is 0 Å². The van der Waals surface area contributed by atoms with Gasteiger partial charge in [0.05, 0.1) is 6.04 Å². The molecule has 0 unspecified atom stereocenters. The van der Waals surface area contributed by atoms with Gasteiger partial charge in [-0.15, -0.1) is 13.2 Å². The molecular weight excluding hydrogens is 457 g/mol. The van der Waals surface area contributed by atoms with E-state index in [0.29, 0.717) is 31.0 Å². The normalized spacial score (nSPS) is 17.5.